The quantitative estimate of drug-likeness (QED) is 0.670. The Bertz CT molecular complexity index is 694. The van der Waals surface area contributed by atoms with Gasteiger partial charge in [-0.3, -0.25) is 9.48 Å². The van der Waals surface area contributed by atoms with E-state index < -0.39 is 0 Å². The summed E-state index contributed by atoms with van der Waals surface area (Å²) in [6, 6.07) is 6.54. The van der Waals surface area contributed by atoms with Crippen LogP contribution in [0.25, 0.3) is 0 Å². The molecule has 6 nitrogen and oxygen atoms in total. The first kappa shape index (κ1) is 15.1. The van der Waals surface area contributed by atoms with Crippen LogP contribution in [0, 0.1) is 13.8 Å². The van der Waals surface area contributed by atoms with Gasteiger partial charge in [0.2, 0.25) is 0 Å². The molecule has 0 saturated heterocycles. The average molecular weight is 307 g/mol. The number of hydrogen-bond acceptors (Lipinski definition) is 4. The normalized spacial score (nSPS) is 11.0. The van der Waals surface area contributed by atoms with Crippen LogP contribution in [-0.2, 0) is 11.3 Å². The minimum absolute atomic E-state index is 0.00220. The van der Waals surface area contributed by atoms with E-state index in [9.17, 15) is 9.90 Å². The smallest absolute Gasteiger partial charge is 0.261 e. The number of halogens is 1. The lowest BCUT2D eigenvalue weighted by Crippen LogP contribution is -2.24. The lowest BCUT2D eigenvalue weighted by Gasteiger charge is -2.03. The predicted molar refractivity (Wildman–Crippen MR) is 80.6 cm³/mol. The molecule has 0 fully saturated rings. The van der Waals surface area contributed by atoms with Gasteiger partial charge < -0.3 is 5.11 Å². The zero-order chi connectivity index (χ0) is 15.4. The zero-order valence-electron chi connectivity index (χ0n) is 11.7. The summed E-state index contributed by atoms with van der Waals surface area (Å²) in [5.41, 5.74) is 4.86. The highest BCUT2D eigenvalue weighted by molar-refractivity contribution is 6.32. The van der Waals surface area contributed by atoms with E-state index in [2.05, 4.69) is 15.6 Å². The van der Waals surface area contributed by atoms with Crippen molar-refractivity contribution in [3.8, 4) is 5.75 Å². The summed E-state index contributed by atoms with van der Waals surface area (Å²) < 4.78 is 1.61. The van der Waals surface area contributed by atoms with Crippen molar-refractivity contribution in [1.82, 2.24) is 15.2 Å². The molecular formula is C14H15ClN4O2. The molecule has 2 N–H and O–H groups in total. The Labute approximate surface area is 127 Å². The summed E-state index contributed by atoms with van der Waals surface area (Å²) in [6.07, 6.45) is 1.45. The molecule has 0 atom stereocenters. The predicted octanol–water partition coefficient (Wildman–Crippen LogP) is 2.01. The molecule has 2 aromatic rings. The van der Waals surface area contributed by atoms with Crippen LogP contribution in [-0.4, -0.2) is 27.0 Å². The molecule has 0 bridgehead atoms. The van der Waals surface area contributed by atoms with Crippen molar-refractivity contribution >= 4 is 23.7 Å². The number of hydrazone groups is 1. The van der Waals surface area contributed by atoms with E-state index in [0.717, 1.165) is 11.4 Å². The molecule has 1 aromatic heterocycles. The number of rotatable bonds is 4. The maximum Gasteiger partial charge on any atom is 0.261 e. The molecule has 0 radical (unpaired) electrons. The topological polar surface area (TPSA) is 79.5 Å². The molecule has 0 aliphatic rings. The van der Waals surface area contributed by atoms with Crippen LogP contribution in [0.3, 0.4) is 0 Å². The summed E-state index contributed by atoms with van der Waals surface area (Å²) in [6.45, 7) is 3.86. The Morgan fingerprint density at radius 2 is 2.24 bits per heavy atom. The Kier molecular flexibility index (Phi) is 4.59. The van der Waals surface area contributed by atoms with Crippen LogP contribution in [0.1, 0.15) is 17.0 Å². The van der Waals surface area contributed by atoms with E-state index in [0.29, 0.717) is 5.56 Å². The Balaban J connectivity index is 1.93. The molecule has 110 valence electrons. The lowest BCUT2D eigenvalue weighted by molar-refractivity contribution is -0.121. The van der Waals surface area contributed by atoms with E-state index in [1.165, 1.54) is 12.3 Å². The molecule has 7 heteroatoms. The first-order valence-electron chi connectivity index (χ1n) is 6.27. The van der Waals surface area contributed by atoms with Gasteiger partial charge in [0.25, 0.3) is 5.91 Å². The maximum absolute atomic E-state index is 11.7. The number of phenolic OH excluding ortho intramolecular Hbond substituents is 1. The highest BCUT2D eigenvalue weighted by Crippen LogP contribution is 2.22. The second-order valence-corrected chi connectivity index (χ2v) is 5.00. The van der Waals surface area contributed by atoms with Crippen molar-refractivity contribution in [3.63, 3.8) is 0 Å². The zero-order valence-corrected chi connectivity index (χ0v) is 12.4. The molecule has 21 heavy (non-hydrogen) atoms. The van der Waals surface area contributed by atoms with Crippen molar-refractivity contribution in [2.75, 3.05) is 0 Å². The van der Waals surface area contributed by atoms with Crippen LogP contribution >= 0.6 is 11.6 Å². The number of aryl methyl sites for hydroxylation is 2. The molecule has 1 amide bonds. The van der Waals surface area contributed by atoms with Gasteiger partial charge in [-0.25, -0.2) is 5.43 Å². The van der Waals surface area contributed by atoms with Crippen LogP contribution in [0.5, 0.6) is 5.75 Å². The number of aromatic nitrogens is 2. The lowest BCUT2D eigenvalue weighted by atomic mass is 10.2. The van der Waals surface area contributed by atoms with Crippen molar-refractivity contribution in [2.24, 2.45) is 5.10 Å². The van der Waals surface area contributed by atoms with Gasteiger partial charge in [-0.05, 0) is 43.7 Å². The molecule has 2 rings (SSSR count). The summed E-state index contributed by atoms with van der Waals surface area (Å²) in [5.74, 6) is -0.273. The molecule has 0 aliphatic heterocycles. The van der Waals surface area contributed by atoms with Crippen LogP contribution in [0.4, 0.5) is 0 Å². The third kappa shape index (κ3) is 4.06. The van der Waals surface area contributed by atoms with Crippen molar-refractivity contribution < 1.29 is 9.90 Å². The molecule has 1 aromatic carbocycles. The molecular weight excluding hydrogens is 292 g/mol. The number of amides is 1. The van der Waals surface area contributed by atoms with Crippen molar-refractivity contribution in [3.05, 3.63) is 46.2 Å². The maximum atomic E-state index is 11.7. The minimum atomic E-state index is -0.276. The van der Waals surface area contributed by atoms with Gasteiger partial charge in [0.15, 0.2) is 0 Å². The second-order valence-electron chi connectivity index (χ2n) is 4.59. The highest BCUT2D eigenvalue weighted by atomic mass is 35.5. The van der Waals surface area contributed by atoms with Gasteiger partial charge in [0, 0.05) is 5.69 Å². The molecule has 0 unspecified atom stereocenters. The Hall–Kier alpha value is -2.34. The summed E-state index contributed by atoms with van der Waals surface area (Å²) in [4.78, 5) is 11.7. The number of phenols is 1. The summed E-state index contributed by atoms with van der Waals surface area (Å²) in [7, 11) is 0. The van der Waals surface area contributed by atoms with Crippen LogP contribution < -0.4 is 5.43 Å². The number of nitrogens with zero attached hydrogens (tertiary/aromatic N) is 3. The van der Waals surface area contributed by atoms with Crippen LogP contribution in [0.15, 0.2) is 29.4 Å². The monoisotopic (exact) mass is 306 g/mol. The number of benzene rings is 1. The van der Waals surface area contributed by atoms with Gasteiger partial charge in [-0.2, -0.15) is 10.2 Å². The molecule has 0 spiro atoms. The third-order valence-corrected chi connectivity index (χ3v) is 3.07. The minimum Gasteiger partial charge on any atom is -0.506 e. The Morgan fingerprint density at radius 3 is 2.86 bits per heavy atom. The molecule has 0 saturated carbocycles. The van der Waals surface area contributed by atoms with E-state index in [-0.39, 0.29) is 23.2 Å². The standard InChI is InChI=1S/C14H15ClN4O2/c1-9-5-10(2)19(18-9)8-14(21)17-16-7-11-3-4-13(20)12(15)6-11/h3-7,20H,8H2,1-2H3,(H,17,21)/b16-7+. The van der Waals surface area contributed by atoms with Crippen LogP contribution in [0.2, 0.25) is 5.02 Å². The third-order valence-electron chi connectivity index (χ3n) is 2.77. The van der Waals surface area contributed by atoms with Gasteiger partial charge in [-0.15, -0.1) is 0 Å². The van der Waals surface area contributed by atoms with E-state index in [1.807, 2.05) is 19.9 Å². The number of nitrogens with one attached hydrogen (secondary N) is 1. The Morgan fingerprint density at radius 1 is 1.48 bits per heavy atom. The van der Waals surface area contributed by atoms with Crippen molar-refractivity contribution in [1.29, 1.82) is 0 Å². The first-order valence-corrected chi connectivity index (χ1v) is 6.65. The largest absolute Gasteiger partial charge is 0.506 e. The van der Waals surface area contributed by atoms with E-state index in [4.69, 9.17) is 11.6 Å². The summed E-state index contributed by atoms with van der Waals surface area (Å²) >= 11 is 5.77. The molecule has 1 heterocycles. The fraction of sp³-hybridized carbons (Fsp3) is 0.214. The number of aromatic hydroxyl groups is 1. The number of carbonyl (C=O) groups is 1. The number of hydrogen-bond donors (Lipinski definition) is 2. The number of carbonyl (C=O) groups excluding carboxylic acids is 1. The SMILES string of the molecule is Cc1cc(C)n(CC(=O)N/N=C/c2ccc(O)c(Cl)c2)n1. The highest BCUT2D eigenvalue weighted by Gasteiger charge is 2.06. The second kappa shape index (κ2) is 6.41. The average Bonchev–Trinajstić information content (AvgIpc) is 2.72. The fourth-order valence-electron chi connectivity index (χ4n) is 1.79. The van der Waals surface area contributed by atoms with E-state index >= 15 is 0 Å². The van der Waals surface area contributed by atoms with Gasteiger partial charge in [0.05, 0.1) is 16.9 Å². The first-order chi connectivity index (χ1) is 9.95. The van der Waals surface area contributed by atoms with Gasteiger partial charge in [-0.1, -0.05) is 11.6 Å². The van der Waals surface area contributed by atoms with Gasteiger partial charge >= 0.3 is 0 Å². The summed E-state index contributed by atoms with van der Waals surface area (Å²) in [5, 5.41) is 17.6. The van der Waals surface area contributed by atoms with Crippen molar-refractivity contribution in [2.45, 2.75) is 20.4 Å². The van der Waals surface area contributed by atoms with Gasteiger partial charge in [0.1, 0.15) is 12.3 Å². The van der Waals surface area contributed by atoms with E-state index in [1.54, 1.807) is 16.8 Å². The fourth-order valence-corrected chi connectivity index (χ4v) is 1.98. The molecule has 0 aliphatic carbocycles.